The van der Waals surface area contributed by atoms with Crippen LogP contribution in [0.25, 0.3) is 22.3 Å². The fourth-order valence-corrected chi connectivity index (χ4v) is 5.29. The van der Waals surface area contributed by atoms with E-state index in [1.54, 1.807) is 65.8 Å². The number of hydrogen-bond acceptors (Lipinski definition) is 8. The van der Waals surface area contributed by atoms with Gasteiger partial charge in [0.05, 0.1) is 22.7 Å². The Bertz CT molecular complexity index is 2140. The quantitative estimate of drug-likeness (QED) is 0.103. The Morgan fingerprint density at radius 2 is 0.732 bits per heavy atom. The van der Waals surface area contributed by atoms with E-state index >= 15 is 0 Å². The van der Waals surface area contributed by atoms with E-state index in [-0.39, 0.29) is 13.2 Å². The van der Waals surface area contributed by atoms with Gasteiger partial charge in [0.1, 0.15) is 24.4 Å². The molecule has 4 amide bonds. The van der Waals surface area contributed by atoms with Gasteiger partial charge in [-0.15, -0.1) is 0 Å². The number of rotatable bonds is 10. The maximum absolute atomic E-state index is 12.9. The number of nitrogens with one attached hydrogen (secondary N) is 4. The van der Waals surface area contributed by atoms with Crippen molar-refractivity contribution in [2.24, 2.45) is 0 Å². The minimum absolute atomic E-state index is 0.0583. The molecule has 0 unspecified atom stereocenters. The van der Waals surface area contributed by atoms with Crippen LogP contribution in [-0.4, -0.2) is 35.6 Å². The van der Waals surface area contributed by atoms with E-state index in [1.165, 1.54) is 0 Å². The van der Waals surface area contributed by atoms with Gasteiger partial charge < -0.3 is 18.9 Å². The third kappa shape index (κ3) is 12.7. The Hall–Kier alpha value is -6.82. The monoisotopic (exact) mass is 758 g/mol. The average molecular weight is 759 g/mol. The van der Waals surface area contributed by atoms with Gasteiger partial charge in [-0.3, -0.25) is 21.3 Å². The minimum Gasteiger partial charge on any atom is -0.444 e. The molecule has 290 valence electrons. The summed E-state index contributed by atoms with van der Waals surface area (Å²) in [5.74, 6) is 0. The number of carbonyl (C=O) groups is 4. The second kappa shape index (κ2) is 18.0. The van der Waals surface area contributed by atoms with Gasteiger partial charge in [-0.05, 0) is 99.2 Å². The molecule has 5 aromatic rings. The van der Waals surface area contributed by atoms with E-state index in [4.69, 9.17) is 18.9 Å². The molecule has 0 aliphatic heterocycles. The number of anilines is 4. The largest absolute Gasteiger partial charge is 0.444 e. The molecule has 0 aliphatic rings. The zero-order valence-corrected chi connectivity index (χ0v) is 32.2. The molecule has 0 radical (unpaired) electrons. The van der Waals surface area contributed by atoms with Crippen molar-refractivity contribution in [1.82, 2.24) is 0 Å². The number of ether oxygens (including phenoxy) is 4. The van der Waals surface area contributed by atoms with Crippen LogP contribution in [0.4, 0.5) is 41.9 Å². The van der Waals surface area contributed by atoms with Crippen molar-refractivity contribution in [3.63, 3.8) is 0 Å². The third-order valence-corrected chi connectivity index (χ3v) is 7.76. The van der Waals surface area contributed by atoms with Crippen LogP contribution in [0.3, 0.4) is 0 Å². The van der Waals surface area contributed by atoms with Crippen molar-refractivity contribution in [3.8, 4) is 22.3 Å². The van der Waals surface area contributed by atoms with Gasteiger partial charge >= 0.3 is 24.4 Å². The average Bonchev–Trinajstić information content (AvgIpc) is 3.14. The molecule has 12 nitrogen and oxygen atoms in total. The molecule has 0 heterocycles. The first-order valence-corrected chi connectivity index (χ1v) is 17.9. The molecule has 4 N–H and O–H groups in total. The molecule has 56 heavy (non-hydrogen) atoms. The lowest BCUT2D eigenvalue weighted by molar-refractivity contribution is 0.0621. The first kappa shape index (κ1) is 40.4. The molecule has 0 aromatic heterocycles. The van der Waals surface area contributed by atoms with Crippen LogP contribution in [0.15, 0.2) is 121 Å². The number of benzene rings is 5. The zero-order valence-electron chi connectivity index (χ0n) is 32.2. The molecule has 5 rings (SSSR count). The molecule has 0 spiro atoms. The van der Waals surface area contributed by atoms with Gasteiger partial charge in [0.2, 0.25) is 0 Å². The van der Waals surface area contributed by atoms with Crippen LogP contribution in [0.2, 0.25) is 0 Å². The summed E-state index contributed by atoms with van der Waals surface area (Å²) in [5, 5.41) is 10.9. The van der Waals surface area contributed by atoms with Crippen molar-refractivity contribution in [2.75, 3.05) is 21.3 Å². The fourth-order valence-electron chi connectivity index (χ4n) is 5.29. The second-order valence-electron chi connectivity index (χ2n) is 14.7. The van der Waals surface area contributed by atoms with E-state index in [2.05, 4.69) is 21.3 Å². The summed E-state index contributed by atoms with van der Waals surface area (Å²) in [6.45, 7) is 10.7. The van der Waals surface area contributed by atoms with Crippen molar-refractivity contribution >= 4 is 47.1 Å². The number of amides is 4. The van der Waals surface area contributed by atoms with Crippen molar-refractivity contribution in [1.29, 1.82) is 0 Å². The van der Waals surface area contributed by atoms with Crippen molar-refractivity contribution in [3.05, 3.63) is 132 Å². The van der Waals surface area contributed by atoms with E-state index < -0.39 is 35.6 Å². The summed E-state index contributed by atoms with van der Waals surface area (Å²) in [6.07, 6.45) is -2.76. The molecule has 0 fully saturated rings. The van der Waals surface area contributed by atoms with Gasteiger partial charge in [0.25, 0.3) is 0 Å². The lowest BCUT2D eigenvalue weighted by Gasteiger charge is -2.22. The topological polar surface area (TPSA) is 153 Å². The maximum atomic E-state index is 12.9. The van der Waals surface area contributed by atoms with E-state index in [9.17, 15) is 19.2 Å². The van der Waals surface area contributed by atoms with Crippen LogP contribution < -0.4 is 21.3 Å². The zero-order chi connectivity index (χ0) is 40.3. The molecule has 0 saturated carbocycles. The molecule has 12 heteroatoms. The van der Waals surface area contributed by atoms with Gasteiger partial charge in [0.15, 0.2) is 0 Å². The first-order chi connectivity index (χ1) is 26.6. The summed E-state index contributed by atoms with van der Waals surface area (Å²) in [4.78, 5) is 51.1. The van der Waals surface area contributed by atoms with Crippen LogP contribution >= 0.6 is 0 Å². The minimum atomic E-state index is -0.742. The fraction of sp³-hybridized carbons (Fsp3) is 0.227. The SMILES string of the molecule is CC(C)(C)OC(=O)Nc1ccc(-c2ccc(-c3ccc(NC(=O)OCc4ccccc4)c(NC(=O)OCc4ccccc4)c3)cc2)cc1NC(=O)OC(C)(C)C. The van der Waals surface area contributed by atoms with Crippen LogP contribution in [0, 0.1) is 0 Å². The standard InChI is InChI=1S/C44H46N4O8/c1-43(2,3)55-41(51)46-36-24-22-34(26-38(36)48-42(52)56-44(4,5)6)32-19-17-31(18-20-32)33-21-23-35(45-39(49)53-27-29-13-9-7-10-14-29)37(25-33)47-40(50)54-28-30-15-11-8-12-16-30/h7-26H,27-28H2,1-6H3,(H,45,49)(H,46,51)(H,47,50)(H,48,52). The predicted octanol–water partition coefficient (Wildman–Crippen LogP) is 11.2. The van der Waals surface area contributed by atoms with E-state index in [1.807, 2.05) is 97.1 Å². The Morgan fingerprint density at radius 1 is 0.411 bits per heavy atom. The first-order valence-electron chi connectivity index (χ1n) is 17.9. The summed E-state index contributed by atoms with van der Waals surface area (Å²) >= 11 is 0. The molecule has 0 bridgehead atoms. The molecule has 0 atom stereocenters. The van der Waals surface area contributed by atoms with Crippen LogP contribution in [0.1, 0.15) is 52.7 Å². The predicted molar refractivity (Wildman–Crippen MR) is 218 cm³/mol. The van der Waals surface area contributed by atoms with Crippen LogP contribution in [-0.2, 0) is 32.2 Å². The highest BCUT2D eigenvalue weighted by Crippen LogP contribution is 2.34. The van der Waals surface area contributed by atoms with Crippen LogP contribution in [0.5, 0.6) is 0 Å². The lowest BCUT2D eigenvalue weighted by atomic mass is 9.99. The van der Waals surface area contributed by atoms with E-state index in [0.29, 0.717) is 22.7 Å². The molecular weight excluding hydrogens is 713 g/mol. The summed E-state index contributed by atoms with van der Waals surface area (Å²) < 4.78 is 21.7. The highest BCUT2D eigenvalue weighted by molar-refractivity contribution is 5.98. The van der Waals surface area contributed by atoms with Crippen molar-refractivity contribution < 1.29 is 38.1 Å². The lowest BCUT2D eigenvalue weighted by Crippen LogP contribution is -2.29. The van der Waals surface area contributed by atoms with E-state index in [0.717, 1.165) is 33.4 Å². The summed E-state index contributed by atoms with van der Waals surface area (Å²) in [6, 6.07) is 36.6. The normalized spacial score (nSPS) is 11.1. The van der Waals surface area contributed by atoms with Gasteiger partial charge in [0, 0.05) is 0 Å². The Morgan fingerprint density at radius 3 is 1.11 bits per heavy atom. The molecule has 0 saturated heterocycles. The number of hydrogen-bond donors (Lipinski definition) is 4. The molecule has 5 aromatic carbocycles. The Balaban J connectivity index is 1.37. The summed E-state index contributed by atoms with van der Waals surface area (Å²) in [5.41, 5.74) is 4.53. The molecular formula is C44H46N4O8. The second-order valence-corrected chi connectivity index (χ2v) is 14.7. The third-order valence-electron chi connectivity index (χ3n) is 7.76. The van der Waals surface area contributed by atoms with Gasteiger partial charge in [-0.2, -0.15) is 0 Å². The van der Waals surface area contributed by atoms with Crippen molar-refractivity contribution in [2.45, 2.75) is 66.0 Å². The maximum Gasteiger partial charge on any atom is 0.412 e. The molecule has 0 aliphatic carbocycles. The van der Waals surface area contributed by atoms with Gasteiger partial charge in [-0.25, -0.2) is 19.2 Å². The smallest absolute Gasteiger partial charge is 0.412 e. The summed E-state index contributed by atoms with van der Waals surface area (Å²) in [7, 11) is 0. The van der Waals surface area contributed by atoms with Gasteiger partial charge in [-0.1, -0.05) is 97.1 Å². The Kier molecular flexibility index (Phi) is 13.0. The number of carbonyl (C=O) groups excluding carboxylic acids is 4. The Labute approximate surface area is 326 Å². The highest BCUT2D eigenvalue weighted by Gasteiger charge is 2.21. The highest BCUT2D eigenvalue weighted by atomic mass is 16.6.